The zero-order valence-corrected chi connectivity index (χ0v) is 14.5. The van der Waals surface area contributed by atoms with E-state index in [1.807, 2.05) is 24.3 Å². The van der Waals surface area contributed by atoms with Crippen LogP contribution in [0, 0.1) is 10.1 Å². The van der Waals surface area contributed by atoms with Crippen molar-refractivity contribution in [3.8, 4) is 5.75 Å². The van der Waals surface area contributed by atoms with Crippen molar-refractivity contribution >= 4 is 45.0 Å². The van der Waals surface area contributed by atoms with Crippen LogP contribution in [0.2, 0.25) is 0 Å². The number of methoxy groups -OCH3 is 1. The standard InChI is InChI=1S/C15H13BrN2O4S/c1-22-10-6-7-12(13(8-10)18(20)21)17-15(19)9-23-14-5-3-2-4-11(14)16/h2-8H,9H2,1H3,(H,17,19). The molecule has 0 bridgehead atoms. The van der Waals surface area contributed by atoms with Crippen molar-refractivity contribution in [1.29, 1.82) is 0 Å². The molecule has 2 aromatic carbocycles. The number of carbonyl (C=O) groups excluding carboxylic acids is 1. The van der Waals surface area contributed by atoms with Crippen LogP contribution in [0.25, 0.3) is 0 Å². The Kier molecular flexibility index (Phi) is 6.00. The second kappa shape index (κ2) is 7.98. The fraction of sp³-hybridized carbons (Fsp3) is 0.133. The molecule has 2 rings (SSSR count). The Morgan fingerprint density at radius 1 is 1.35 bits per heavy atom. The molecule has 0 aromatic heterocycles. The van der Waals surface area contributed by atoms with Gasteiger partial charge in [0.15, 0.2) is 0 Å². The van der Waals surface area contributed by atoms with Crippen LogP contribution >= 0.6 is 27.7 Å². The zero-order chi connectivity index (χ0) is 16.8. The maximum atomic E-state index is 12.0. The smallest absolute Gasteiger partial charge is 0.296 e. The molecule has 6 nitrogen and oxygen atoms in total. The molecule has 0 heterocycles. The molecular formula is C15H13BrN2O4S. The quantitative estimate of drug-likeness (QED) is 0.451. The number of anilines is 1. The lowest BCUT2D eigenvalue weighted by atomic mass is 10.2. The second-order valence-electron chi connectivity index (χ2n) is 4.41. The molecule has 0 saturated carbocycles. The van der Waals surface area contributed by atoms with Gasteiger partial charge in [0.05, 0.1) is 23.9 Å². The van der Waals surface area contributed by atoms with Crippen LogP contribution in [-0.4, -0.2) is 23.7 Å². The summed E-state index contributed by atoms with van der Waals surface area (Å²) in [6.07, 6.45) is 0. The van der Waals surface area contributed by atoms with E-state index in [0.29, 0.717) is 5.75 Å². The van der Waals surface area contributed by atoms with Crippen molar-refractivity contribution in [3.05, 3.63) is 57.1 Å². The van der Waals surface area contributed by atoms with Gasteiger partial charge in [0.2, 0.25) is 5.91 Å². The third-order valence-corrected chi connectivity index (χ3v) is 4.90. The predicted molar refractivity (Wildman–Crippen MR) is 93.1 cm³/mol. The number of hydrogen-bond acceptors (Lipinski definition) is 5. The van der Waals surface area contributed by atoms with E-state index in [9.17, 15) is 14.9 Å². The fourth-order valence-corrected chi connectivity index (χ4v) is 3.15. The highest BCUT2D eigenvalue weighted by molar-refractivity contribution is 9.10. The molecule has 0 radical (unpaired) electrons. The fourth-order valence-electron chi connectivity index (χ4n) is 1.79. The summed E-state index contributed by atoms with van der Waals surface area (Å²) in [6, 6.07) is 11.8. The molecule has 0 fully saturated rings. The van der Waals surface area contributed by atoms with Gasteiger partial charge in [-0.25, -0.2) is 0 Å². The number of ether oxygens (including phenoxy) is 1. The molecule has 0 aliphatic heterocycles. The van der Waals surface area contributed by atoms with Gasteiger partial charge in [0, 0.05) is 9.37 Å². The van der Waals surface area contributed by atoms with Gasteiger partial charge in [0.25, 0.3) is 5.69 Å². The predicted octanol–water partition coefficient (Wildman–Crippen LogP) is 4.10. The summed E-state index contributed by atoms with van der Waals surface area (Å²) in [7, 11) is 1.42. The molecule has 23 heavy (non-hydrogen) atoms. The van der Waals surface area contributed by atoms with Crippen LogP contribution in [-0.2, 0) is 4.79 Å². The first kappa shape index (κ1) is 17.3. The Morgan fingerprint density at radius 2 is 2.09 bits per heavy atom. The molecule has 1 amide bonds. The van der Waals surface area contributed by atoms with E-state index in [1.165, 1.54) is 31.0 Å². The van der Waals surface area contributed by atoms with Crippen LogP contribution in [0.1, 0.15) is 0 Å². The SMILES string of the molecule is COc1ccc(NC(=O)CSc2ccccc2Br)c([N+](=O)[O-])c1. The summed E-state index contributed by atoms with van der Waals surface area (Å²) in [5.41, 5.74) is -0.0582. The molecular weight excluding hydrogens is 384 g/mol. The van der Waals surface area contributed by atoms with Gasteiger partial charge in [-0.05, 0) is 40.2 Å². The van der Waals surface area contributed by atoms with Crippen molar-refractivity contribution in [2.24, 2.45) is 0 Å². The number of amides is 1. The number of halogens is 1. The number of thioether (sulfide) groups is 1. The zero-order valence-electron chi connectivity index (χ0n) is 12.1. The molecule has 0 saturated heterocycles. The van der Waals surface area contributed by atoms with Crippen molar-refractivity contribution < 1.29 is 14.5 Å². The maximum absolute atomic E-state index is 12.0. The minimum absolute atomic E-state index is 0.145. The van der Waals surface area contributed by atoms with E-state index in [2.05, 4.69) is 21.2 Å². The molecule has 2 aromatic rings. The summed E-state index contributed by atoms with van der Waals surface area (Å²) in [5.74, 6) is 0.183. The molecule has 0 spiro atoms. The first-order valence-electron chi connectivity index (χ1n) is 6.51. The molecule has 0 atom stereocenters. The number of nitro groups is 1. The minimum atomic E-state index is -0.556. The lowest BCUT2D eigenvalue weighted by Gasteiger charge is -2.08. The number of carbonyl (C=O) groups is 1. The first-order valence-corrected chi connectivity index (χ1v) is 8.28. The van der Waals surface area contributed by atoms with E-state index in [1.54, 1.807) is 6.07 Å². The largest absolute Gasteiger partial charge is 0.496 e. The Hall–Kier alpha value is -2.06. The van der Waals surface area contributed by atoms with Gasteiger partial charge < -0.3 is 10.1 Å². The summed E-state index contributed by atoms with van der Waals surface area (Å²) >= 11 is 4.75. The third kappa shape index (κ3) is 4.70. The summed E-state index contributed by atoms with van der Waals surface area (Å²) in [4.78, 5) is 23.5. The lowest BCUT2D eigenvalue weighted by molar-refractivity contribution is -0.384. The summed E-state index contributed by atoms with van der Waals surface area (Å²) in [5, 5.41) is 13.6. The minimum Gasteiger partial charge on any atom is -0.496 e. The van der Waals surface area contributed by atoms with Gasteiger partial charge in [-0.15, -0.1) is 11.8 Å². The van der Waals surface area contributed by atoms with Crippen LogP contribution in [0.3, 0.4) is 0 Å². The van der Waals surface area contributed by atoms with Gasteiger partial charge >= 0.3 is 0 Å². The van der Waals surface area contributed by atoms with Crippen molar-refractivity contribution in [2.75, 3.05) is 18.2 Å². The van der Waals surface area contributed by atoms with Crippen LogP contribution in [0.5, 0.6) is 5.75 Å². The van der Waals surface area contributed by atoms with Crippen LogP contribution in [0.15, 0.2) is 51.8 Å². The summed E-state index contributed by atoms with van der Waals surface area (Å²) < 4.78 is 5.85. The Morgan fingerprint density at radius 3 is 2.74 bits per heavy atom. The molecule has 8 heteroatoms. The van der Waals surface area contributed by atoms with Crippen LogP contribution < -0.4 is 10.1 Å². The van der Waals surface area contributed by atoms with E-state index < -0.39 is 4.92 Å². The molecule has 120 valence electrons. The Labute approximate surface area is 145 Å². The Balaban J connectivity index is 2.05. The monoisotopic (exact) mass is 396 g/mol. The number of benzene rings is 2. The van der Waals surface area contributed by atoms with Crippen LogP contribution in [0.4, 0.5) is 11.4 Å². The molecule has 0 unspecified atom stereocenters. The summed E-state index contributed by atoms with van der Waals surface area (Å²) in [6.45, 7) is 0. The van der Waals surface area contributed by atoms with E-state index in [0.717, 1.165) is 9.37 Å². The molecule has 1 N–H and O–H groups in total. The molecule has 0 aliphatic carbocycles. The topological polar surface area (TPSA) is 81.5 Å². The molecule has 0 aliphatic rings. The van der Waals surface area contributed by atoms with E-state index >= 15 is 0 Å². The van der Waals surface area contributed by atoms with E-state index in [4.69, 9.17) is 4.74 Å². The van der Waals surface area contributed by atoms with E-state index in [-0.39, 0.29) is 23.0 Å². The highest BCUT2D eigenvalue weighted by Gasteiger charge is 2.17. The van der Waals surface area contributed by atoms with Gasteiger partial charge in [-0.1, -0.05) is 12.1 Å². The van der Waals surface area contributed by atoms with Crippen molar-refractivity contribution in [2.45, 2.75) is 4.90 Å². The highest BCUT2D eigenvalue weighted by atomic mass is 79.9. The second-order valence-corrected chi connectivity index (χ2v) is 6.28. The maximum Gasteiger partial charge on any atom is 0.296 e. The lowest BCUT2D eigenvalue weighted by Crippen LogP contribution is -2.15. The van der Waals surface area contributed by atoms with Gasteiger partial charge in [-0.3, -0.25) is 14.9 Å². The average Bonchev–Trinajstić information content (AvgIpc) is 2.54. The highest BCUT2D eigenvalue weighted by Crippen LogP contribution is 2.30. The van der Waals surface area contributed by atoms with Crippen molar-refractivity contribution in [3.63, 3.8) is 0 Å². The number of nitro benzene ring substituents is 1. The van der Waals surface area contributed by atoms with Crippen molar-refractivity contribution in [1.82, 2.24) is 0 Å². The normalized spacial score (nSPS) is 10.2. The third-order valence-electron chi connectivity index (χ3n) is 2.87. The average molecular weight is 397 g/mol. The number of nitrogens with one attached hydrogen (secondary N) is 1. The number of hydrogen-bond donors (Lipinski definition) is 1. The van der Waals surface area contributed by atoms with Gasteiger partial charge in [-0.2, -0.15) is 0 Å². The number of rotatable bonds is 6. The first-order chi connectivity index (χ1) is 11.0. The number of nitrogens with zero attached hydrogens (tertiary/aromatic N) is 1. The van der Waals surface area contributed by atoms with Gasteiger partial charge in [0.1, 0.15) is 11.4 Å². The Bertz CT molecular complexity index is 739.